The van der Waals surface area contributed by atoms with Gasteiger partial charge in [0.15, 0.2) is 0 Å². The van der Waals surface area contributed by atoms with E-state index in [1.54, 1.807) is 13.1 Å². The lowest BCUT2D eigenvalue weighted by molar-refractivity contribution is 0.0664. The third-order valence-corrected chi connectivity index (χ3v) is 5.84. The maximum atomic E-state index is 8.24. The van der Waals surface area contributed by atoms with Gasteiger partial charge in [-0.05, 0) is 61.0 Å². The van der Waals surface area contributed by atoms with Crippen LogP contribution in [0.15, 0.2) is 75.1 Å². The number of aliphatic imine (C=N–C) groups is 1. The molecule has 0 aliphatic carbocycles. The highest BCUT2D eigenvalue weighted by Crippen LogP contribution is 2.27. The summed E-state index contributed by atoms with van der Waals surface area (Å²) in [7, 11) is 1.75. The zero-order chi connectivity index (χ0) is 23.8. The van der Waals surface area contributed by atoms with Crippen molar-refractivity contribution in [3.8, 4) is 0 Å². The van der Waals surface area contributed by atoms with Gasteiger partial charge in [0.05, 0.1) is 11.4 Å². The van der Waals surface area contributed by atoms with Crippen molar-refractivity contribution >= 4 is 18.3 Å². The third kappa shape index (κ3) is 6.55. The molecule has 1 fully saturated rings. The minimum Gasteiger partial charge on any atom is -0.401 e. The maximum absolute atomic E-state index is 8.24. The van der Waals surface area contributed by atoms with Gasteiger partial charge in [-0.15, -0.1) is 0 Å². The summed E-state index contributed by atoms with van der Waals surface area (Å²) in [4.78, 5) is 4.24. The van der Waals surface area contributed by atoms with Gasteiger partial charge in [0.2, 0.25) is 0 Å². The second-order valence-corrected chi connectivity index (χ2v) is 8.66. The molecule has 3 aliphatic heterocycles. The molecular weight excluding hydrogens is 414 g/mol. The molecule has 0 radical (unpaired) electrons. The van der Waals surface area contributed by atoms with Crippen molar-refractivity contribution in [2.45, 2.75) is 33.1 Å². The van der Waals surface area contributed by atoms with Crippen LogP contribution in [0.1, 0.15) is 33.1 Å². The van der Waals surface area contributed by atoms with Gasteiger partial charge in [-0.3, -0.25) is 10.4 Å². The van der Waals surface area contributed by atoms with Crippen LogP contribution in [-0.2, 0) is 4.74 Å². The van der Waals surface area contributed by atoms with Crippen LogP contribution in [0.4, 0.5) is 0 Å². The predicted molar refractivity (Wildman–Crippen MR) is 135 cm³/mol. The van der Waals surface area contributed by atoms with Crippen LogP contribution >= 0.6 is 0 Å². The van der Waals surface area contributed by atoms with E-state index in [0.29, 0.717) is 11.7 Å². The van der Waals surface area contributed by atoms with E-state index >= 15 is 0 Å². The van der Waals surface area contributed by atoms with E-state index in [1.165, 1.54) is 6.21 Å². The number of nitrogens with one attached hydrogen (secondary N) is 5. The van der Waals surface area contributed by atoms with Crippen molar-refractivity contribution in [3.05, 3.63) is 70.1 Å². The molecule has 8 nitrogen and oxygen atoms in total. The van der Waals surface area contributed by atoms with Crippen LogP contribution in [0.25, 0.3) is 0 Å². The Morgan fingerprint density at radius 3 is 2.73 bits per heavy atom. The monoisotopic (exact) mass is 449 g/mol. The molecule has 3 rings (SSSR count). The van der Waals surface area contributed by atoms with Crippen LogP contribution in [0.2, 0.25) is 0 Å². The number of amidine groups is 1. The largest absolute Gasteiger partial charge is 0.401 e. The molecule has 0 amide bonds. The van der Waals surface area contributed by atoms with E-state index in [4.69, 9.17) is 21.3 Å². The van der Waals surface area contributed by atoms with Gasteiger partial charge < -0.3 is 31.8 Å². The first-order valence-corrected chi connectivity index (χ1v) is 11.4. The minimum absolute atomic E-state index is 0.180. The number of ether oxygens (including phenoxy) is 1. The van der Waals surface area contributed by atoms with E-state index < -0.39 is 0 Å². The maximum Gasteiger partial charge on any atom is 0.123 e. The first-order valence-electron chi connectivity index (χ1n) is 11.4. The minimum atomic E-state index is 0.180. The van der Waals surface area contributed by atoms with Gasteiger partial charge in [-0.25, -0.2) is 0 Å². The Balaban J connectivity index is 1.75. The Kier molecular flexibility index (Phi) is 8.43. The Bertz CT molecular complexity index is 986. The van der Waals surface area contributed by atoms with E-state index in [9.17, 15) is 0 Å². The summed E-state index contributed by atoms with van der Waals surface area (Å²) < 4.78 is 5.47. The molecule has 3 heterocycles. The molecule has 176 valence electrons. The molecule has 0 atom stereocenters. The van der Waals surface area contributed by atoms with Crippen molar-refractivity contribution < 1.29 is 4.74 Å². The highest BCUT2D eigenvalue weighted by atomic mass is 16.5. The van der Waals surface area contributed by atoms with Gasteiger partial charge >= 0.3 is 0 Å². The molecule has 8 heteroatoms. The van der Waals surface area contributed by atoms with Crippen LogP contribution in [0.5, 0.6) is 0 Å². The number of hydrogen-bond donors (Lipinski definition) is 6. The molecule has 0 bridgehead atoms. The topological polar surface area (TPSA) is 131 Å². The van der Waals surface area contributed by atoms with E-state index in [0.717, 1.165) is 66.3 Å². The molecule has 1 saturated heterocycles. The number of nitrogens with two attached hydrogens (primary N) is 1. The molecule has 0 spiro atoms. The average Bonchev–Trinajstić information content (AvgIpc) is 2.81. The number of hydrogen-bond acceptors (Lipinski definition) is 7. The normalized spacial score (nSPS) is 19.9. The first-order chi connectivity index (χ1) is 15.9. The average molecular weight is 450 g/mol. The Morgan fingerprint density at radius 1 is 1.30 bits per heavy atom. The third-order valence-electron chi connectivity index (χ3n) is 5.84. The highest BCUT2D eigenvalue weighted by Gasteiger charge is 2.20. The molecular formula is C25H35N7O. The van der Waals surface area contributed by atoms with Gasteiger partial charge in [0.25, 0.3) is 0 Å². The van der Waals surface area contributed by atoms with Crippen molar-refractivity contribution in [1.82, 2.24) is 16.0 Å². The number of nitrogens with zero attached hydrogens (tertiary/aromatic N) is 1. The van der Waals surface area contributed by atoms with Crippen LogP contribution in [0, 0.1) is 22.7 Å². The van der Waals surface area contributed by atoms with Gasteiger partial charge in [0, 0.05) is 55.7 Å². The Morgan fingerprint density at radius 2 is 2.06 bits per heavy atom. The second kappa shape index (κ2) is 11.5. The standard InChI is InChI=1S/C25H35N7O/c1-16(2)18(13-26)12-24(28)32-25-5-4-22-23(31-25)11-19(14-30-22)20(15-29-3)21(27)10-17-6-8-33-9-7-17/h4-5,11-17,26,30-31H,6-10,27H2,1-3H3,(H2,28,32). The van der Waals surface area contributed by atoms with Gasteiger partial charge in [0.1, 0.15) is 11.7 Å². The Labute approximate surface area is 196 Å². The SMILES string of the molecule is CN=CC(C1=CNC2=CC=C(NC(=N)C=C(C=N)C(C)C)NC2=C1)=C(N)CC1CCOCC1. The number of dihydropyridines is 2. The lowest BCUT2D eigenvalue weighted by Gasteiger charge is -2.26. The lowest BCUT2D eigenvalue weighted by atomic mass is 9.91. The molecule has 7 N–H and O–H groups in total. The fourth-order valence-corrected chi connectivity index (χ4v) is 3.90. The Hall–Kier alpha value is -3.39. The first kappa shape index (κ1) is 24.3. The summed E-state index contributed by atoms with van der Waals surface area (Å²) in [5.41, 5.74) is 11.8. The lowest BCUT2D eigenvalue weighted by Crippen LogP contribution is -2.35. The van der Waals surface area contributed by atoms with Crippen molar-refractivity contribution in [2.24, 2.45) is 22.6 Å². The van der Waals surface area contributed by atoms with Gasteiger partial charge in [-0.2, -0.15) is 0 Å². The number of allylic oxidation sites excluding steroid dienone is 7. The van der Waals surface area contributed by atoms with Crippen molar-refractivity contribution in [2.75, 3.05) is 20.3 Å². The number of rotatable bonds is 8. The van der Waals surface area contributed by atoms with Crippen LogP contribution < -0.4 is 21.7 Å². The zero-order valence-corrected chi connectivity index (χ0v) is 19.7. The molecule has 0 unspecified atom stereocenters. The molecule has 0 aromatic rings. The second-order valence-electron chi connectivity index (χ2n) is 8.66. The quantitative estimate of drug-likeness (QED) is 0.250. The summed E-state index contributed by atoms with van der Waals surface area (Å²) in [5.74, 6) is 1.62. The van der Waals surface area contributed by atoms with Crippen LogP contribution in [-0.4, -0.2) is 38.5 Å². The molecule has 3 aliphatic rings. The van der Waals surface area contributed by atoms with E-state index in [1.807, 2.05) is 44.5 Å². The molecule has 0 aromatic heterocycles. The smallest absolute Gasteiger partial charge is 0.123 e. The summed E-state index contributed by atoms with van der Waals surface area (Å²) >= 11 is 0. The zero-order valence-electron chi connectivity index (χ0n) is 19.7. The van der Waals surface area contributed by atoms with Gasteiger partial charge in [-0.1, -0.05) is 13.8 Å². The number of fused-ring (bicyclic) bond motifs is 1. The van der Waals surface area contributed by atoms with Crippen LogP contribution in [0.3, 0.4) is 0 Å². The van der Waals surface area contributed by atoms with E-state index in [2.05, 4.69) is 20.9 Å². The predicted octanol–water partition coefficient (Wildman–Crippen LogP) is 3.21. The summed E-state index contributed by atoms with van der Waals surface area (Å²) in [6.45, 7) is 5.60. The summed E-state index contributed by atoms with van der Waals surface area (Å²) in [6.07, 6.45) is 15.5. The fourth-order valence-electron chi connectivity index (χ4n) is 3.90. The van der Waals surface area contributed by atoms with E-state index in [-0.39, 0.29) is 11.8 Å². The van der Waals surface area contributed by atoms with Crippen molar-refractivity contribution in [1.29, 1.82) is 10.8 Å². The fraction of sp³-hybridized carbons (Fsp3) is 0.400. The molecule has 0 saturated carbocycles. The van der Waals surface area contributed by atoms with Crippen molar-refractivity contribution in [3.63, 3.8) is 0 Å². The molecule has 33 heavy (non-hydrogen) atoms. The summed E-state index contributed by atoms with van der Waals surface area (Å²) in [5, 5.41) is 25.5. The summed E-state index contributed by atoms with van der Waals surface area (Å²) in [6, 6.07) is 0. The molecule has 0 aromatic carbocycles. The highest BCUT2D eigenvalue weighted by molar-refractivity contribution is 5.97.